The van der Waals surface area contributed by atoms with Crippen LogP contribution in [0.4, 0.5) is 0 Å². The third-order valence-electron chi connectivity index (χ3n) is 8.61. The monoisotopic (exact) mass is 544 g/mol. The van der Waals surface area contributed by atoms with Crippen LogP contribution >= 0.6 is 11.8 Å². The minimum atomic E-state index is -2.91. The van der Waals surface area contributed by atoms with E-state index in [0.717, 1.165) is 25.7 Å². The lowest BCUT2D eigenvalue weighted by atomic mass is 9.54. The van der Waals surface area contributed by atoms with Crippen molar-refractivity contribution < 1.29 is 39.9 Å². The smallest absolute Gasteiger partial charge is 0.255 e. The average molecular weight is 545 g/mol. The number of phenolic OH excluding ortho intramolecular Hbond substituents is 1. The Balaban J connectivity index is 1.73. The van der Waals surface area contributed by atoms with E-state index in [1.807, 2.05) is 0 Å². The van der Waals surface area contributed by atoms with Crippen molar-refractivity contribution in [2.45, 2.75) is 54.6 Å². The van der Waals surface area contributed by atoms with Gasteiger partial charge in [-0.15, -0.1) is 0 Å². The molecule has 0 spiro atoms. The van der Waals surface area contributed by atoms with Gasteiger partial charge >= 0.3 is 0 Å². The molecule has 6 unspecified atom stereocenters. The molecule has 7 N–H and O–H groups in total. The van der Waals surface area contributed by atoms with Gasteiger partial charge < -0.3 is 31.3 Å². The first-order valence-electron chi connectivity index (χ1n) is 12.7. The summed E-state index contributed by atoms with van der Waals surface area (Å²) in [4.78, 5) is 40.9. The molecule has 5 rings (SSSR count). The molecule has 2 fully saturated rings. The molecule has 0 aliphatic heterocycles. The molecule has 1 aromatic carbocycles. The molecule has 0 radical (unpaired) electrons. The standard InChI is InChI=1S/C27H32N2O8S/c1-29(2)20-19-22(32)16-13(10-38-11-6-3-4-7-11)12-8-5-9-14(30)15(12)21(31)17(16)24(34)27(19,37)25(35)18(23(20)33)26(28)36/h5,8-9,11,13,16,19-20,22,30-32,35,37H,3-4,6-7,10H2,1-2H3,(H2,28,36). The van der Waals surface area contributed by atoms with Crippen molar-refractivity contribution in [3.63, 3.8) is 0 Å². The Morgan fingerprint density at radius 1 is 1.16 bits per heavy atom. The quantitative estimate of drug-likeness (QED) is 0.294. The number of aliphatic hydroxyl groups is 4. The summed E-state index contributed by atoms with van der Waals surface area (Å²) in [5, 5.41) is 57.1. The van der Waals surface area contributed by atoms with Crippen molar-refractivity contribution in [1.29, 1.82) is 0 Å². The highest BCUT2D eigenvalue weighted by atomic mass is 32.2. The Morgan fingerprint density at radius 3 is 2.42 bits per heavy atom. The van der Waals surface area contributed by atoms with Gasteiger partial charge in [0.05, 0.1) is 23.6 Å². The maximum Gasteiger partial charge on any atom is 0.255 e. The zero-order valence-electron chi connectivity index (χ0n) is 21.1. The number of carbonyl (C=O) groups is 3. The number of hydrogen-bond donors (Lipinski definition) is 6. The number of amides is 1. The summed E-state index contributed by atoms with van der Waals surface area (Å²) < 4.78 is 0. The second kappa shape index (κ2) is 9.41. The second-order valence-electron chi connectivity index (χ2n) is 10.8. The molecule has 10 nitrogen and oxygen atoms in total. The Kier molecular flexibility index (Phi) is 6.62. The summed E-state index contributed by atoms with van der Waals surface area (Å²) in [6.07, 6.45) is 2.72. The highest BCUT2D eigenvalue weighted by molar-refractivity contribution is 7.99. The van der Waals surface area contributed by atoms with Crippen molar-refractivity contribution in [3.8, 4) is 5.75 Å². The second-order valence-corrected chi connectivity index (χ2v) is 12.2. The number of aliphatic hydroxyl groups excluding tert-OH is 3. The SMILES string of the molecule is CN(C)C1C(=O)C(C(N)=O)=C(O)C2(O)C(=O)C3=C(O)c4c(O)cccc4C(CSC4CCCC4)C3C(O)C12. The third-order valence-corrected chi connectivity index (χ3v) is 10.1. The number of hydrogen-bond acceptors (Lipinski definition) is 10. The van der Waals surface area contributed by atoms with Crippen LogP contribution in [0.3, 0.4) is 0 Å². The maximum absolute atomic E-state index is 14.1. The Hall–Kier alpha value is -2.86. The molecule has 0 aromatic heterocycles. The molecule has 204 valence electrons. The van der Waals surface area contributed by atoms with E-state index in [2.05, 4.69) is 0 Å². The molecule has 11 heteroatoms. The van der Waals surface area contributed by atoms with Gasteiger partial charge in [-0.05, 0) is 38.6 Å². The van der Waals surface area contributed by atoms with E-state index in [9.17, 15) is 39.9 Å². The predicted octanol–water partition coefficient (Wildman–Crippen LogP) is 1.15. The first kappa shape index (κ1) is 26.7. The van der Waals surface area contributed by atoms with Crippen LogP contribution in [0.5, 0.6) is 5.75 Å². The summed E-state index contributed by atoms with van der Waals surface area (Å²) in [7, 11) is 2.98. The van der Waals surface area contributed by atoms with Crippen molar-refractivity contribution in [2.24, 2.45) is 17.6 Å². The van der Waals surface area contributed by atoms with Gasteiger partial charge in [-0.1, -0.05) is 25.0 Å². The summed E-state index contributed by atoms with van der Waals surface area (Å²) in [6.45, 7) is 0. The molecule has 38 heavy (non-hydrogen) atoms. The Morgan fingerprint density at radius 2 is 1.82 bits per heavy atom. The number of phenols is 1. The number of aromatic hydroxyl groups is 1. The number of thioether (sulfide) groups is 1. The van der Waals surface area contributed by atoms with Gasteiger partial charge in [0, 0.05) is 28.4 Å². The van der Waals surface area contributed by atoms with Crippen molar-refractivity contribution in [1.82, 2.24) is 4.90 Å². The van der Waals surface area contributed by atoms with Crippen LogP contribution in [0, 0.1) is 11.8 Å². The highest BCUT2D eigenvalue weighted by Gasteiger charge is 2.68. The molecule has 2 saturated carbocycles. The van der Waals surface area contributed by atoms with Gasteiger partial charge in [-0.3, -0.25) is 19.3 Å². The molecule has 0 bridgehead atoms. The number of likely N-dealkylation sites (N-methyl/N-ethyl adjacent to an activating group) is 1. The topological polar surface area (TPSA) is 182 Å². The molecule has 0 saturated heterocycles. The van der Waals surface area contributed by atoms with Gasteiger partial charge in [0.2, 0.25) is 5.78 Å². The maximum atomic E-state index is 14.1. The number of nitrogens with zero attached hydrogens (tertiary/aromatic N) is 1. The van der Waals surface area contributed by atoms with Gasteiger partial charge in [0.15, 0.2) is 11.4 Å². The number of carbonyl (C=O) groups excluding carboxylic acids is 3. The zero-order chi connectivity index (χ0) is 27.7. The number of ketones is 2. The molecule has 1 amide bonds. The highest BCUT2D eigenvalue weighted by Crippen LogP contribution is 2.57. The Bertz CT molecular complexity index is 1280. The predicted molar refractivity (Wildman–Crippen MR) is 139 cm³/mol. The van der Waals surface area contributed by atoms with Gasteiger partial charge in [-0.25, -0.2) is 0 Å². The molecule has 4 aliphatic rings. The lowest BCUT2D eigenvalue weighted by Gasteiger charge is -2.54. The van der Waals surface area contributed by atoms with E-state index >= 15 is 0 Å². The first-order valence-corrected chi connectivity index (χ1v) is 13.7. The fourth-order valence-electron chi connectivity index (χ4n) is 6.89. The number of primary amides is 1. The van der Waals surface area contributed by atoms with Crippen LogP contribution in [-0.4, -0.2) is 90.8 Å². The van der Waals surface area contributed by atoms with Crippen LogP contribution in [-0.2, 0) is 14.4 Å². The van der Waals surface area contributed by atoms with Crippen molar-refractivity contribution >= 4 is 35.0 Å². The van der Waals surface area contributed by atoms with E-state index in [1.54, 1.807) is 23.9 Å². The molecule has 4 aliphatic carbocycles. The van der Waals surface area contributed by atoms with Gasteiger partial charge in [-0.2, -0.15) is 11.8 Å². The lowest BCUT2D eigenvalue weighted by molar-refractivity contribution is -0.169. The zero-order valence-corrected chi connectivity index (χ0v) is 21.9. The summed E-state index contributed by atoms with van der Waals surface area (Å²) in [6, 6.07) is 3.34. The molecular formula is C27H32N2O8S. The van der Waals surface area contributed by atoms with E-state index < -0.39 is 70.1 Å². The molecule has 0 heterocycles. The average Bonchev–Trinajstić information content (AvgIpc) is 3.37. The number of benzene rings is 1. The van der Waals surface area contributed by atoms with Crippen LogP contribution in [0.2, 0.25) is 0 Å². The number of fused-ring (bicyclic) bond motifs is 3. The summed E-state index contributed by atoms with van der Waals surface area (Å²) >= 11 is 1.69. The molecule has 6 atom stereocenters. The number of Topliss-reactive ketones (excluding diaryl/α,β-unsaturated/α-hetero) is 2. The summed E-state index contributed by atoms with van der Waals surface area (Å²) in [5.41, 5.74) is 1.74. The number of rotatable bonds is 5. The van der Waals surface area contributed by atoms with Crippen LogP contribution < -0.4 is 5.73 Å². The normalized spacial score (nSPS) is 33.4. The molecule has 1 aromatic rings. The van der Waals surface area contributed by atoms with E-state index in [0.29, 0.717) is 16.6 Å². The lowest BCUT2D eigenvalue weighted by Crippen LogP contribution is -2.70. The van der Waals surface area contributed by atoms with E-state index in [4.69, 9.17) is 5.73 Å². The van der Waals surface area contributed by atoms with E-state index in [-0.39, 0.29) is 16.9 Å². The fourth-order valence-corrected chi connectivity index (χ4v) is 8.42. The van der Waals surface area contributed by atoms with Crippen LogP contribution in [0.25, 0.3) is 5.76 Å². The van der Waals surface area contributed by atoms with E-state index in [1.165, 1.54) is 25.1 Å². The third kappa shape index (κ3) is 3.63. The largest absolute Gasteiger partial charge is 0.508 e. The fraction of sp³-hybridized carbons (Fsp3) is 0.519. The number of nitrogens with two attached hydrogens (primary N) is 1. The Labute approximate surface area is 223 Å². The van der Waals surface area contributed by atoms with Crippen LogP contribution in [0.1, 0.15) is 42.7 Å². The van der Waals surface area contributed by atoms with Crippen molar-refractivity contribution in [2.75, 3.05) is 19.8 Å². The van der Waals surface area contributed by atoms with Gasteiger partial charge in [0.1, 0.15) is 22.8 Å². The van der Waals surface area contributed by atoms with Crippen molar-refractivity contribution in [3.05, 3.63) is 46.2 Å². The minimum Gasteiger partial charge on any atom is -0.508 e. The minimum absolute atomic E-state index is 0.0213. The summed E-state index contributed by atoms with van der Waals surface area (Å²) in [5.74, 6) is -8.22. The van der Waals surface area contributed by atoms with Gasteiger partial charge in [0.25, 0.3) is 5.91 Å². The van der Waals surface area contributed by atoms with Crippen LogP contribution in [0.15, 0.2) is 35.1 Å². The molecular weight excluding hydrogens is 512 g/mol. The first-order chi connectivity index (χ1) is 17.9.